The number of hydrogen-bond donors (Lipinski definition) is 1. The summed E-state index contributed by atoms with van der Waals surface area (Å²) >= 11 is 5.83. The molecular weight excluding hydrogens is 242 g/mol. The molecule has 0 aliphatic heterocycles. The molecule has 2 heteroatoms. The zero-order chi connectivity index (χ0) is 12.8. The van der Waals surface area contributed by atoms with Gasteiger partial charge in [-0.25, -0.2) is 0 Å². The number of nitrogens with one attached hydrogen (secondary N) is 1. The summed E-state index contributed by atoms with van der Waals surface area (Å²) in [6.45, 7) is 2.92. The van der Waals surface area contributed by atoms with Gasteiger partial charge in [-0.1, -0.05) is 54.1 Å². The molecule has 0 aromatic heterocycles. The van der Waals surface area contributed by atoms with Crippen LogP contribution in [0.4, 0.5) is 5.69 Å². The third-order valence-electron chi connectivity index (χ3n) is 2.74. The second-order valence-corrected chi connectivity index (χ2v) is 4.59. The Kier molecular flexibility index (Phi) is 4.43. The third kappa shape index (κ3) is 3.64. The second kappa shape index (κ2) is 6.27. The zero-order valence-corrected chi connectivity index (χ0v) is 11.1. The molecule has 0 saturated carbocycles. The van der Waals surface area contributed by atoms with Crippen LogP contribution in [0.1, 0.15) is 11.1 Å². The molecule has 92 valence electrons. The van der Waals surface area contributed by atoms with Crippen molar-refractivity contribution in [2.75, 3.05) is 11.9 Å². The van der Waals surface area contributed by atoms with Gasteiger partial charge in [-0.2, -0.15) is 0 Å². The predicted molar refractivity (Wildman–Crippen MR) is 80.2 cm³/mol. The van der Waals surface area contributed by atoms with Gasteiger partial charge in [0.25, 0.3) is 0 Å². The minimum Gasteiger partial charge on any atom is -0.381 e. The van der Waals surface area contributed by atoms with E-state index < -0.39 is 0 Å². The lowest BCUT2D eigenvalue weighted by molar-refractivity contribution is 1.31. The SMILES string of the molecule is Cc1ccccc1NCC=Cc1ccc(Cl)cc1. The highest BCUT2D eigenvalue weighted by Gasteiger charge is 1.93. The molecule has 2 aromatic carbocycles. The van der Waals surface area contributed by atoms with E-state index in [0.717, 1.165) is 17.1 Å². The van der Waals surface area contributed by atoms with Crippen LogP contribution in [0.15, 0.2) is 54.6 Å². The highest BCUT2D eigenvalue weighted by atomic mass is 35.5. The lowest BCUT2D eigenvalue weighted by Gasteiger charge is -2.06. The molecular formula is C16H16ClN. The minimum atomic E-state index is 0.769. The first-order valence-corrected chi connectivity index (χ1v) is 6.35. The van der Waals surface area contributed by atoms with Crippen molar-refractivity contribution in [1.29, 1.82) is 0 Å². The third-order valence-corrected chi connectivity index (χ3v) is 2.99. The molecule has 0 heterocycles. The van der Waals surface area contributed by atoms with E-state index in [4.69, 9.17) is 11.6 Å². The molecule has 0 saturated heterocycles. The highest BCUT2D eigenvalue weighted by molar-refractivity contribution is 6.30. The summed E-state index contributed by atoms with van der Waals surface area (Å²) in [6.07, 6.45) is 4.19. The van der Waals surface area contributed by atoms with Gasteiger partial charge in [0.2, 0.25) is 0 Å². The van der Waals surface area contributed by atoms with Crippen molar-refractivity contribution in [3.63, 3.8) is 0 Å². The number of halogens is 1. The number of anilines is 1. The maximum absolute atomic E-state index is 5.83. The van der Waals surface area contributed by atoms with E-state index >= 15 is 0 Å². The molecule has 0 aliphatic carbocycles. The number of aryl methyl sites for hydroxylation is 1. The van der Waals surface area contributed by atoms with Crippen LogP contribution < -0.4 is 5.32 Å². The van der Waals surface area contributed by atoms with Crippen molar-refractivity contribution in [2.24, 2.45) is 0 Å². The van der Waals surface area contributed by atoms with Crippen molar-refractivity contribution in [1.82, 2.24) is 0 Å². The first-order valence-electron chi connectivity index (χ1n) is 5.97. The van der Waals surface area contributed by atoms with E-state index in [1.54, 1.807) is 0 Å². The molecule has 18 heavy (non-hydrogen) atoms. The van der Waals surface area contributed by atoms with Gasteiger partial charge in [-0.15, -0.1) is 0 Å². The summed E-state index contributed by atoms with van der Waals surface area (Å²) < 4.78 is 0. The van der Waals surface area contributed by atoms with Gasteiger partial charge in [-0.3, -0.25) is 0 Å². The lowest BCUT2D eigenvalue weighted by Crippen LogP contribution is -1.99. The topological polar surface area (TPSA) is 12.0 Å². The Morgan fingerprint density at radius 3 is 2.50 bits per heavy atom. The Hall–Kier alpha value is -1.73. The van der Waals surface area contributed by atoms with Crippen molar-refractivity contribution in [3.05, 3.63) is 70.8 Å². The van der Waals surface area contributed by atoms with Gasteiger partial charge in [0.1, 0.15) is 0 Å². The van der Waals surface area contributed by atoms with Gasteiger partial charge >= 0.3 is 0 Å². The second-order valence-electron chi connectivity index (χ2n) is 4.15. The molecule has 2 rings (SSSR count). The first kappa shape index (κ1) is 12.7. The summed E-state index contributed by atoms with van der Waals surface area (Å²) in [6, 6.07) is 16.1. The van der Waals surface area contributed by atoms with Gasteiger partial charge in [-0.05, 0) is 36.2 Å². The van der Waals surface area contributed by atoms with E-state index in [1.807, 2.05) is 36.4 Å². The Labute approximate surface area is 113 Å². The summed E-state index contributed by atoms with van der Waals surface area (Å²) in [5, 5.41) is 4.15. The number of benzene rings is 2. The van der Waals surface area contributed by atoms with Crippen LogP contribution in [0.5, 0.6) is 0 Å². The van der Waals surface area contributed by atoms with Gasteiger partial charge in [0, 0.05) is 17.3 Å². The summed E-state index contributed by atoms with van der Waals surface area (Å²) in [4.78, 5) is 0. The van der Waals surface area contributed by atoms with Crippen molar-refractivity contribution in [2.45, 2.75) is 6.92 Å². The molecule has 0 spiro atoms. The van der Waals surface area contributed by atoms with Gasteiger partial charge < -0.3 is 5.32 Å². The van der Waals surface area contributed by atoms with Crippen molar-refractivity contribution < 1.29 is 0 Å². The monoisotopic (exact) mass is 257 g/mol. The van der Waals surface area contributed by atoms with Crippen LogP contribution in [0.25, 0.3) is 6.08 Å². The summed E-state index contributed by atoms with van der Waals surface area (Å²) in [5.74, 6) is 0. The maximum atomic E-state index is 5.83. The smallest absolute Gasteiger partial charge is 0.0406 e. The first-order chi connectivity index (χ1) is 8.75. The summed E-state index contributed by atoms with van der Waals surface area (Å²) in [7, 11) is 0. The van der Waals surface area contributed by atoms with Crippen LogP contribution in [0, 0.1) is 6.92 Å². The molecule has 1 N–H and O–H groups in total. The number of rotatable bonds is 4. The van der Waals surface area contributed by atoms with Crippen LogP contribution in [-0.4, -0.2) is 6.54 Å². The standard InChI is InChI=1S/C16H16ClN/c1-13-5-2-3-7-16(13)18-12-4-6-14-8-10-15(17)11-9-14/h2-11,18H,12H2,1H3. The average molecular weight is 258 g/mol. The van der Waals surface area contributed by atoms with Crippen molar-refractivity contribution in [3.8, 4) is 0 Å². The molecule has 1 nitrogen and oxygen atoms in total. The Morgan fingerprint density at radius 1 is 1.06 bits per heavy atom. The molecule has 0 atom stereocenters. The van der Waals surface area contributed by atoms with Crippen LogP contribution >= 0.6 is 11.6 Å². The fourth-order valence-corrected chi connectivity index (χ4v) is 1.84. The van der Waals surface area contributed by atoms with E-state index in [1.165, 1.54) is 11.3 Å². The molecule has 2 aromatic rings. The van der Waals surface area contributed by atoms with Crippen LogP contribution in [0.2, 0.25) is 5.02 Å². The van der Waals surface area contributed by atoms with Gasteiger partial charge in [0.05, 0.1) is 0 Å². The fraction of sp³-hybridized carbons (Fsp3) is 0.125. The minimum absolute atomic E-state index is 0.769. The number of hydrogen-bond acceptors (Lipinski definition) is 1. The highest BCUT2D eigenvalue weighted by Crippen LogP contribution is 2.13. The zero-order valence-electron chi connectivity index (χ0n) is 10.4. The normalized spacial score (nSPS) is 10.8. The Bertz CT molecular complexity index is 529. The number of para-hydroxylation sites is 1. The average Bonchev–Trinajstić information content (AvgIpc) is 2.39. The largest absolute Gasteiger partial charge is 0.381 e. The maximum Gasteiger partial charge on any atom is 0.0406 e. The van der Waals surface area contributed by atoms with E-state index in [9.17, 15) is 0 Å². The molecule has 0 unspecified atom stereocenters. The van der Waals surface area contributed by atoms with E-state index in [0.29, 0.717) is 0 Å². The quantitative estimate of drug-likeness (QED) is 0.832. The Balaban J connectivity index is 1.89. The molecule has 0 bridgehead atoms. The predicted octanol–water partition coefficient (Wildman–Crippen LogP) is 4.77. The van der Waals surface area contributed by atoms with Crippen molar-refractivity contribution >= 4 is 23.4 Å². The molecule has 0 amide bonds. The fourth-order valence-electron chi connectivity index (χ4n) is 1.71. The van der Waals surface area contributed by atoms with E-state index in [2.05, 4.69) is 36.5 Å². The molecule has 0 aliphatic rings. The van der Waals surface area contributed by atoms with E-state index in [-0.39, 0.29) is 0 Å². The Morgan fingerprint density at radius 2 is 1.78 bits per heavy atom. The van der Waals surface area contributed by atoms with Crippen LogP contribution in [0.3, 0.4) is 0 Å². The molecule has 0 radical (unpaired) electrons. The molecule has 0 fully saturated rings. The van der Waals surface area contributed by atoms with Crippen LogP contribution in [-0.2, 0) is 0 Å². The van der Waals surface area contributed by atoms with Gasteiger partial charge in [0.15, 0.2) is 0 Å². The summed E-state index contributed by atoms with van der Waals surface area (Å²) in [5.41, 5.74) is 3.60. The lowest BCUT2D eigenvalue weighted by atomic mass is 10.2.